The van der Waals surface area contributed by atoms with E-state index in [0.717, 1.165) is 37.3 Å². The number of halogens is 6. The Morgan fingerprint density at radius 3 is 2.07 bits per heavy atom. The van der Waals surface area contributed by atoms with E-state index >= 15 is 0 Å². The standard InChI is InChI=1S/C22H23F6NO/c1-2-29-9-8-20(19(13-29)16-6-4-3-5-7-16)30-14-15-10-17(21(23,24)25)12-18(11-15)22(26,27)28/h3-7,10-12,19-20H,2,8-9,13-14H2,1H3/t19-,20-/m0/s1. The van der Waals surface area contributed by atoms with Crippen LogP contribution < -0.4 is 0 Å². The van der Waals surface area contributed by atoms with Crippen LogP contribution in [-0.4, -0.2) is 30.6 Å². The first kappa shape index (κ1) is 22.6. The zero-order valence-corrected chi connectivity index (χ0v) is 16.4. The Bertz CT molecular complexity index is 802. The summed E-state index contributed by atoms with van der Waals surface area (Å²) in [6.45, 7) is 4.08. The van der Waals surface area contributed by atoms with Gasteiger partial charge in [0, 0.05) is 19.0 Å². The molecule has 0 radical (unpaired) electrons. The van der Waals surface area contributed by atoms with Crippen molar-refractivity contribution >= 4 is 0 Å². The second-order valence-electron chi connectivity index (χ2n) is 7.46. The van der Waals surface area contributed by atoms with Crippen molar-refractivity contribution in [2.75, 3.05) is 19.6 Å². The molecule has 1 aliphatic rings. The first-order valence-corrected chi connectivity index (χ1v) is 9.75. The highest BCUT2D eigenvalue weighted by Gasteiger charge is 2.37. The van der Waals surface area contributed by atoms with Gasteiger partial charge in [0.1, 0.15) is 0 Å². The van der Waals surface area contributed by atoms with E-state index in [9.17, 15) is 26.3 Å². The fourth-order valence-corrected chi connectivity index (χ4v) is 3.81. The molecule has 0 spiro atoms. The molecule has 0 aliphatic carbocycles. The van der Waals surface area contributed by atoms with Gasteiger partial charge in [0.2, 0.25) is 0 Å². The molecule has 1 saturated heterocycles. The first-order valence-electron chi connectivity index (χ1n) is 9.75. The summed E-state index contributed by atoms with van der Waals surface area (Å²) < 4.78 is 84.4. The molecule has 2 aromatic rings. The van der Waals surface area contributed by atoms with Gasteiger partial charge in [-0.2, -0.15) is 26.3 Å². The summed E-state index contributed by atoms with van der Waals surface area (Å²) in [5.74, 6) is -0.00668. The number of hydrogen-bond acceptors (Lipinski definition) is 2. The molecule has 0 bridgehead atoms. The lowest BCUT2D eigenvalue weighted by Crippen LogP contribution is -2.42. The van der Waals surface area contributed by atoms with E-state index in [0.29, 0.717) is 6.42 Å². The van der Waals surface area contributed by atoms with Crippen molar-refractivity contribution in [3.8, 4) is 0 Å². The molecule has 1 fully saturated rings. The summed E-state index contributed by atoms with van der Waals surface area (Å²) in [5.41, 5.74) is -1.74. The topological polar surface area (TPSA) is 12.5 Å². The van der Waals surface area contributed by atoms with Crippen LogP contribution in [0.4, 0.5) is 26.3 Å². The maximum absolute atomic E-state index is 13.1. The van der Waals surface area contributed by atoms with Crippen molar-refractivity contribution in [1.82, 2.24) is 4.90 Å². The van der Waals surface area contributed by atoms with E-state index in [1.165, 1.54) is 0 Å². The molecule has 1 aliphatic heterocycles. The monoisotopic (exact) mass is 431 g/mol. The van der Waals surface area contributed by atoms with Gasteiger partial charge in [-0.1, -0.05) is 37.3 Å². The molecule has 164 valence electrons. The number of likely N-dealkylation sites (tertiary alicyclic amines) is 1. The number of piperidine rings is 1. The van der Waals surface area contributed by atoms with Crippen molar-refractivity contribution in [3.63, 3.8) is 0 Å². The van der Waals surface area contributed by atoms with Crippen molar-refractivity contribution in [1.29, 1.82) is 0 Å². The maximum Gasteiger partial charge on any atom is 0.416 e. The quantitative estimate of drug-likeness (QED) is 0.529. The molecular formula is C22H23F6NO. The van der Waals surface area contributed by atoms with E-state index in [1.54, 1.807) is 0 Å². The summed E-state index contributed by atoms with van der Waals surface area (Å²) >= 11 is 0. The number of likely N-dealkylation sites (N-methyl/N-ethyl adjacent to an activating group) is 1. The third-order valence-corrected chi connectivity index (χ3v) is 5.42. The van der Waals surface area contributed by atoms with Crippen molar-refractivity contribution in [2.24, 2.45) is 0 Å². The number of alkyl halides is 6. The van der Waals surface area contributed by atoms with Crippen LogP contribution in [0.25, 0.3) is 0 Å². The zero-order valence-electron chi connectivity index (χ0n) is 16.4. The number of ether oxygens (including phenoxy) is 1. The Labute approximate surface area is 171 Å². The Balaban J connectivity index is 1.82. The van der Waals surface area contributed by atoms with E-state index in [-0.39, 0.29) is 30.3 Å². The summed E-state index contributed by atoms with van der Waals surface area (Å²) in [6, 6.07) is 11.2. The van der Waals surface area contributed by atoms with Crippen LogP contribution in [0.2, 0.25) is 0 Å². The SMILES string of the molecule is CCN1CC[C@H](OCc2cc(C(F)(F)F)cc(C(F)(F)F)c2)[C@H](c2ccccc2)C1. The van der Waals surface area contributed by atoms with Crippen LogP contribution in [0.5, 0.6) is 0 Å². The van der Waals surface area contributed by atoms with Crippen LogP contribution >= 0.6 is 0 Å². The molecule has 1 heterocycles. The highest BCUT2D eigenvalue weighted by Crippen LogP contribution is 2.37. The molecule has 0 unspecified atom stereocenters. The van der Waals surface area contributed by atoms with E-state index in [1.807, 2.05) is 37.3 Å². The minimum Gasteiger partial charge on any atom is -0.373 e. The van der Waals surface area contributed by atoms with Crippen LogP contribution in [-0.2, 0) is 23.7 Å². The van der Waals surface area contributed by atoms with Crippen LogP contribution in [0.3, 0.4) is 0 Å². The summed E-state index contributed by atoms with van der Waals surface area (Å²) in [5, 5.41) is 0. The maximum atomic E-state index is 13.1. The van der Waals surface area contributed by atoms with Crippen LogP contribution in [0.1, 0.15) is 41.5 Å². The van der Waals surface area contributed by atoms with Gasteiger partial charge in [-0.05, 0) is 42.3 Å². The lowest BCUT2D eigenvalue weighted by Gasteiger charge is -2.38. The summed E-state index contributed by atoms with van der Waals surface area (Å²) in [7, 11) is 0. The molecule has 0 saturated carbocycles. The lowest BCUT2D eigenvalue weighted by atomic mass is 9.88. The molecular weight excluding hydrogens is 408 g/mol. The number of hydrogen-bond donors (Lipinski definition) is 0. The molecule has 2 aromatic carbocycles. The second-order valence-corrected chi connectivity index (χ2v) is 7.46. The molecule has 30 heavy (non-hydrogen) atoms. The largest absolute Gasteiger partial charge is 0.416 e. The molecule has 0 amide bonds. The second kappa shape index (κ2) is 8.98. The Hall–Kier alpha value is -2.06. The van der Waals surface area contributed by atoms with Gasteiger partial charge < -0.3 is 9.64 Å². The molecule has 8 heteroatoms. The van der Waals surface area contributed by atoms with E-state index in [2.05, 4.69) is 4.90 Å². The third kappa shape index (κ3) is 5.55. The van der Waals surface area contributed by atoms with Crippen molar-refractivity contribution in [2.45, 2.75) is 44.3 Å². The van der Waals surface area contributed by atoms with Gasteiger partial charge >= 0.3 is 12.4 Å². The molecule has 2 nitrogen and oxygen atoms in total. The average Bonchev–Trinajstić information content (AvgIpc) is 2.71. The highest BCUT2D eigenvalue weighted by molar-refractivity contribution is 5.33. The molecule has 3 rings (SSSR count). The summed E-state index contributed by atoms with van der Waals surface area (Å²) in [6.07, 6.45) is -9.37. The minimum absolute atomic E-state index is 0.00668. The number of rotatable bonds is 5. The Morgan fingerprint density at radius 1 is 0.933 bits per heavy atom. The van der Waals surface area contributed by atoms with Gasteiger partial charge in [0.25, 0.3) is 0 Å². The van der Waals surface area contributed by atoms with Gasteiger partial charge in [-0.15, -0.1) is 0 Å². The smallest absolute Gasteiger partial charge is 0.373 e. The van der Waals surface area contributed by atoms with Crippen molar-refractivity contribution < 1.29 is 31.1 Å². The van der Waals surface area contributed by atoms with Gasteiger partial charge in [0.05, 0.1) is 23.8 Å². The molecule has 0 aromatic heterocycles. The third-order valence-electron chi connectivity index (χ3n) is 5.42. The Kier molecular flexibility index (Phi) is 6.77. The fourth-order valence-electron chi connectivity index (χ4n) is 3.81. The first-order chi connectivity index (χ1) is 14.1. The normalized spacial score (nSPS) is 21.0. The van der Waals surface area contributed by atoms with Crippen LogP contribution in [0.15, 0.2) is 48.5 Å². The molecule has 2 atom stereocenters. The zero-order chi connectivity index (χ0) is 21.9. The highest BCUT2D eigenvalue weighted by atomic mass is 19.4. The predicted molar refractivity (Wildman–Crippen MR) is 101 cm³/mol. The fraction of sp³-hybridized carbons (Fsp3) is 0.455. The Morgan fingerprint density at radius 2 is 1.53 bits per heavy atom. The van der Waals surface area contributed by atoms with Gasteiger partial charge in [-0.3, -0.25) is 0 Å². The van der Waals surface area contributed by atoms with Gasteiger partial charge in [0.15, 0.2) is 0 Å². The minimum atomic E-state index is -4.87. The molecule has 0 N–H and O–H groups in total. The number of benzene rings is 2. The summed E-state index contributed by atoms with van der Waals surface area (Å²) in [4.78, 5) is 2.25. The predicted octanol–water partition coefficient (Wildman–Crippen LogP) is 6.12. The van der Waals surface area contributed by atoms with Crippen LogP contribution in [0, 0.1) is 0 Å². The average molecular weight is 431 g/mol. The van der Waals surface area contributed by atoms with Gasteiger partial charge in [-0.25, -0.2) is 0 Å². The van der Waals surface area contributed by atoms with E-state index in [4.69, 9.17) is 4.74 Å². The van der Waals surface area contributed by atoms with Crippen molar-refractivity contribution in [3.05, 3.63) is 70.8 Å². The number of nitrogens with zero attached hydrogens (tertiary/aromatic N) is 1. The van der Waals surface area contributed by atoms with E-state index < -0.39 is 23.5 Å². The lowest BCUT2D eigenvalue weighted by molar-refractivity contribution is -0.143.